The average molecular weight is 278 g/mol. The van der Waals surface area contributed by atoms with E-state index in [2.05, 4.69) is 4.98 Å². The summed E-state index contributed by atoms with van der Waals surface area (Å²) in [6, 6.07) is 11.1. The van der Waals surface area contributed by atoms with E-state index in [1.807, 2.05) is 24.3 Å². The Kier molecular flexibility index (Phi) is 3.28. The van der Waals surface area contributed by atoms with E-state index >= 15 is 0 Å². The summed E-state index contributed by atoms with van der Waals surface area (Å²) in [5.74, 6) is 0.0857. The summed E-state index contributed by atoms with van der Waals surface area (Å²) in [6.07, 6.45) is 2.79. The van der Waals surface area contributed by atoms with Crippen LogP contribution in [0.1, 0.15) is 23.2 Å². The number of amides is 1. The van der Waals surface area contributed by atoms with Gasteiger partial charge in [-0.2, -0.15) is 5.26 Å². The molecule has 5 heteroatoms. The number of anilines is 2. The van der Waals surface area contributed by atoms with Crippen LogP contribution in [-0.2, 0) is 17.8 Å². The van der Waals surface area contributed by atoms with E-state index < -0.39 is 0 Å². The maximum atomic E-state index is 12.2. The maximum absolute atomic E-state index is 12.2. The van der Waals surface area contributed by atoms with Crippen LogP contribution in [0.2, 0.25) is 0 Å². The third-order valence-corrected chi connectivity index (χ3v) is 3.58. The molecular weight excluding hydrogens is 264 g/mol. The van der Waals surface area contributed by atoms with Crippen LogP contribution >= 0.6 is 0 Å². The Morgan fingerprint density at radius 1 is 1.29 bits per heavy atom. The van der Waals surface area contributed by atoms with Crippen LogP contribution in [0.5, 0.6) is 0 Å². The summed E-state index contributed by atoms with van der Waals surface area (Å²) in [5, 5.41) is 8.90. The molecule has 1 aliphatic heterocycles. The largest absolute Gasteiger partial charge is 0.399 e. The summed E-state index contributed by atoms with van der Waals surface area (Å²) >= 11 is 0. The molecule has 104 valence electrons. The molecule has 1 aliphatic rings. The van der Waals surface area contributed by atoms with Crippen molar-refractivity contribution in [3.8, 4) is 6.07 Å². The zero-order valence-corrected chi connectivity index (χ0v) is 11.4. The maximum Gasteiger partial charge on any atom is 0.227 e. The lowest BCUT2D eigenvalue weighted by molar-refractivity contribution is -0.119. The zero-order chi connectivity index (χ0) is 14.8. The fourth-order valence-corrected chi connectivity index (χ4v) is 2.57. The van der Waals surface area contributed by atoms with Gasteiger partial charge in [0.2, 0.25) is 5.91 Å². The van der Waals surface area contributed by atoms with Crippen molar-refractivity contribution in [2.24, 2.45) is 0 Å². The smallest absolute Gasteiger partial charge is 0.227 e. The summed E-state index contributed by atoms with van der Waals surface area (Å²) in [7, 11) is 0. The van der Waals surface area contributed by atoms with Gasteiger partial charge >= 0.3 is 0 Å². The lowest BCUT2D eigenvalue weighted by Gasteiger charge is -2.29. The lowest BCUT2D eigenvalue weighted by atomic mass is 10.00. The molecule has 0 unspecified atom stereocenters. The number of nitriles is 1. The minimum atomic E-state index is 0.0857. The Labute approximate surface area is 122 Å². The Morgan fingerprint density at radius 2 is 2.14 bits per heavy atom. The topological polar surface area (TPSA) is 83.0 Å². The van der Waals surface area contributed by atoms with E-state index in [0.717, 1.165) is 23.2 Å². The number of nitrogens with zero attached hydrogens (tertiary/aromatic N) is 3. The van der Waals surface area contributed by atoms with Crippen molar-refractivity contribution in [3.63, 3.8) is 0 Å². The Hall–Kier alpha value is -2.87. The van der Waals surface area contributed by atoms with Crippen molar-refractivity contribution in [1.82, 2.24) is 4.98 Å². The highest BCUT2D eigenvalue weighted by molar-refractivity contribution is 5.96. The predicted octanol–water partition coefficient (Wildman–Crippen LogP) is 2.01. The predicted molar refractivity (Wildman–Crippen MR) is 79.3 cm³/mol. The van der Waals surface area contributed by atoms with Crippen LogP contribution in [0.3, 0.4) is 0 Å². The first-order chi connectivity index (χ1) is 10.2. The van der Waals surface area contributed by atoms with Crippen molar-refractivity contribution in [2.45, 2.75) is 19.4 Å². The van der Waals surface area contributed by atoms with Gasteiger partial charge in [0.25, 0.3) is 0 Å². The van der Waals surface area contributed by atoms with E-state index in [1.165, 1.54) is 0 Å². The first-order valence-electron chi connectivity index (χ1n) is 6.71. The fourth-order valence-electron chi connectivity index (χ4n) is 2.57. The molecule has 0 bridgehead atoms. The number of benzene rings is 1. The number of fused-ring (bicyclic) bond motifs is 1. The normalized spacial score (nSPS) is 13.7. The number of nitrogens with two attached hydrogens (primary N) is 1. The van der Waals surface area contributed by atoms with Gasteiger partial charge in [0.05, 0.1) is 6.54 Å². The summed E-state index contributed by atoms with van der Waals surface area (Å²) < 4.78 is 0. The lowest BCUT2D eigenvalue weighted by Crippen LogP contribution is -2.34. The third-order valence-electron chi connectivity index (χ3n) is 3.58. The fraction of sp³-hybridized carbons (Fsp3) is 0.188. The molecule has 0 spiro atoms. The Balaban J connectivity index is 1.95. The second kappa shape index (κ2) is 5.25. The van der Waals surface area contributed by atoms with Gasteiger partial charge in [-0.15, -0.1) is 0 Å². The first kappa shape index (κ1) is 13.1. The molecule has 0 saturated heterocycles. The van der Waals surface area contributed by atoms with E-state index in [4.69, 9.17) is 11.0 Å². The minimum absolute atomic E-state index is 0.0857. The highest BCUT2D eigenvalue weighted by Crippen LogP contribution is 2.30. The quantitative estimate of drug-likeness (QED) is 0.852. The van der Waals surface area contributed by atoms with Crippen LogP contribution in [0, 0.1) is 11.3 Å². The number of carbonyl (C=O) groups excluding carboxylic acids is 1. The van der Waals surface area contributed by atoms with Gasteiger partial charge in [0, 0.05) is 24.0 Å². The van der Waals surface area contributed by atoms with E-state index in [9.17, 15) is 4.79 Å². The number of hydrogen-bond acceptors (Lipinski definition) is 4. The van der Waals surface area contributed by atoms with Crippen molar-refractivity contribution in [2.75, 3.05) is 10.6 Å². The number of pyridine rings is 1. The SMILES string of the molecule is N#Cc1cc(CN2C(=O)CCc3cc(N)ccc32)ccn1. The molecule has 1 aromatic heterocycles. The van der Waals surface area contributed by atoms with Crippen molar-refractivity contribution in [1.29, 1.82) is 5.26 Å². The molecule has 2 aromatic rings. The van der Waals surface area contributed by atoms with Crippen LogP contribution in [0.25, 0.3) is 0 Å². The summed E-state index contributed by atoms with van der Waals surface area (Å²) in [6.45, 7) is 0.437. The average Bonchev–Trinajstić information content (AvgIpc) is 2.50. The number of rotatable bonds is 2. The molecule has 0 saturated carbocycles. The molecule has 0 fully saturated rings. The van der Waals surface area contributed by atoms with Crippen molar-refractivity contribution in [3.05, 3.63) is 53.3 Å². The molecule has 2 heterocycles. The molecule has 5 nitrogen and oxygen atoms in total. The number of nitrogen functional groups attached to an aromatic ring is 1. The Bertz CT molecular complexity index is 748. The van der Waals surface area contributed by atoms with Gasteiger partial charge < -0.3 is 10.6 Å². The van der Waals surface area contributed by atoms with Gasteiger partial charge in [0.15, 0.2) is 0 Å². The van der Waals surface area contributed by atoms with Crippen LogP contribution in [0.4, 0.5) is 11.4 Å². The number of hydrogen-bond donors (Lipinski definition) is 1. The van der Waals surface area contributed by atoms with Gasteiger partial charge in [-0.25, -0.2) is 4.98 Å². The van der Waals surface area contributed by atoms with Crippen molar-refractivity contribution >= 4 is 17.3 Å². The summed E-state index contributed by atoms with van der Waals surface area (Å²) in [5.41, 5.74) is 9.74. The van der Waals surface area contributed by atoms with Gasteiger partial charge in [-0.05, 0) is 47.9 Å². The second-order valence-corrected chi connectivity index (χ2v) is 5.03. The van der Waals surface area contributed by atoms with Gasteiger partial charge in [-0.3, -0.25) is 4.79 Å². The van der Waals surface area contributed by atoms with E-state index in [0.29, 0.717) is 24.3 Å². The van der Waals surface area contributed by atoms with Crippen LogP contribution in [-0.4, -0.2) is 10.9 Å². The van der Waals surface area contributed by atoms with E-state index in [-0.39, 0.29) is 5.91 Å². The molecule has 21 heavy (non-hydrogen) atoms. The van der Waals surface area contributed by atoms with E-state index in [1.54, 1.807) is 23.2 Å². The molecular formula is C16H14N4O. The third kappa shape index (κ3) is 2.56. The summed E-state index contributed by atoms with van der Waals surface area (Å²) in [4.78, 5) is 17.9. The standard InChI is InChI=1S/C16H14N4O/c17-9-14-7-11(5-6-19-14)10-20-15-3-2-13(18)8-12(15)1-4-16(20)21/h2-3,5-8H,1,4,10,18H2. The monoisotopic (exact) mass is 278 g/mol. The first-order valence-corrected chi connectivity index (χ1v) is 6.71. The molecule has 1 aromatic carbocycles. The molecule has 0 aliphatic carbocycles. The van der Waals surface area contributed by atoms with Crippen LogP contribution in [0.15, 0.2) is 36.5 Å². The molecule has 0 atom stereocenters. The van der Waals surface area contributed by atoms with Crippen molar-refractivity contribution < 1.29 is 4.79 Å². The zero-order valence-electron chi connectivity index (χ0n) is 11.4. The molecule has 2 N–H and O–H groups in total. The highest BCUT2D eigenvalue weighted by Gasteiger charge is 2.24. The van der Waals surface area contributed by atoms with Gasteiger partial charge in [0.1, 0.15) is 11.8 Å². The van der Waals surface area contributed by atoms with Crippen LogP contribution < -0.4 is 10.6 Å². The highest BCUT2D eigenvalue weighted by atomic mass is 16.2. The number of aryl methyl sites for hydroxylation is 1. The molecule has 3 rings (SSSR count). The molecule has 1 amide bonds. The Morgan fingerprint density at radius 3 is 2.95 bits per heavy atom. The number of aromatic nitrogens is 1. The number of carbonyl (C=O) groups is 1. The van der Waals surface area contributed by atoms with Gasteiger partial charge in [-0.1, -0.05) is 0 Å². The molecule has 0 radical (unpaired) electrons. The second-order valence-electron chi connectivity index (χ2n) is 5.03. The minimum Gasteiger partial charge on any atom is -0.399 e.